The van der Waals surface area contributed by atoms with Crippen LogP contribution in [0.25, 0.3) is 0 Å². The molecule has 0 spiro atoms. The molecule has 1 aromatic rings. The van der Waals surface area contributed by atoms with E-state index >= 15 is 0 Å². The van der Waals surface area contributed by atoms with Crippen molar-refractivity contribution in [3.05, 3.63) is 29.8 Å². The molecule has 0 aliphatic heterocycles. The Hall–Kier alpha value is -0.960. The lowest BCUT2D eigenvalue weighted by Gasteiger charge is -2.26. The van der Waals surface area contributed by atoms with Gasteiger partial charge in [0.15, 0.2) is 0 Å². The van der Waals surface area contributed by atoms with Gasteiger partial charge in [-0.2, -0.15) is 0 Å². The number of pyridine rings is 1. The minimum absolute atomic E-state index is 0.200. The van der Waals surface area contributed by atoms with Gasteiger partial charge in [0.2, 0.25) is 0 Å². The van der Waals surface area contributed by atoms with Crippen molar-refractivity contribution >= 4 is 0 Å². The summed E-state index contributed by atoms with van der Waals surface area (Å²) in [5.74, 6) is 0.205. The van der Waals surface area contributed by atoms with Crippen LogP contribution >= 0.6 is 0 Å². The maximum Gasteiger partial charge on any atom is 0.141 e. The van der Waals surface area contributed by atoms with E-state index < -0.39 is 0 Å². The molecule has 2 atom stereocenters. The summed E-state index contributed by atoms with van der Waals surface area (Å²) in [4.78, 5) is 4.16. The zero-order chi connectivity index (χ0) is 12.1. The molecule has 0 aliphatic rings. The Morgan fingerprint density at radius 1 is 1.31 bits per heavy atom. The van der Waals surface area contributed by atoms with Crippen LogP contribution in [0.2, 0.25) is 0 Å². The standard InChI is InChI=1S/C13H21FN2/c1-5-10(4)13(16-9(2)3)12-7-6-11(14)8-15-12/h6-10,13,16H,5H2,1-4H3. The minimum Gasteiger partial charge on any atom is -0.306 e. The fourth-order valence-electron chi connectivity index (χ4n) is 1.71. The number of hydrogen-bond acceptors (Lipinski definition) is 2. The van der Waals surface area contributed by atoms with Crippen LogP contribution in [-0.2, 0) is 0 Å². The van der Waals surface area contributed by atoms with Crippen molar-refractivity contribution in [1.82, 2.24) is 10.3 Å². The van der Waals surface area contributed by atoms with Gasteiger partial charge in [0.25, 0.3) is 0 Å². The van der Waals surface area contributed by atoms with Gasteiger partial charge in [0, 0.05) is 6.04 Å². The van der Waals surface area contributed by atoms with Crippen molar-refractivity contribution < 1.29 is 4.39 Å². The maximum atomic E-state index is 12.8. The van der Waals surface area contributed by atoms with Crippen LogP contribution in [0.4, 0.5) is 4.39 Å². The summed E-state index contributed by atoms with van der Waals surface area (Å²) >= 11 is 0. The summed E-state index contributed by atoms with van der Waals surface area (Å²) in [7, 11) is 0. The Labute approximate surface area is 97.3 Å². The summed E-state index contributed by atoms with van der Waals surface area (Å²) in [6, 6.07) is 3.83. The molecule has 0 aliphatic carbocycles. The van der Waals surface area contributed by atoms with E-state index in [1.807, 2.05) is 0 Å². The van der Waals surface area contributed by atoms with Crippen molar-refractivity contribution in [2.75, 3.05) is 0 Å². The monoisotopic (exact) mass is 224 g/mol. The Kier molecular flexibility index (Phi) is 4.87. The van der Waals surface area contributed by atoms with Gasteiger partial charge < -0.3 is 5.32 Å². The van der Waals surface area contributed by atoms with Gasteiger partial charge in [-0.1, -0.05) is 34.1 Å². The van der Waals surface area contributed by atoms with E-state index in [0.717, 1.165) is 12.1 Å². The van der Waals surface area contributed by atoms with Crippen LogP contribution in [0.5, 0.6) is 0 Å². The lowest BCUT2D eigenvalue weighted by molar-refractivity contribution is 0.345. The van der Waals surface area contributed by atoms with E-state index in [1.165, 1.54) is 12.3 Å². The van der Waals surface area contributed by atoms with Crippen molar-refractivity contribution in [2.45, 2.75) is 46.2 Å². The van der Waals surface area contributed by atoms with Crippen LogP contribution in [0.3, 0.4) is 0 Å². The summed E-state index contributed by atoms with van der Waals surface area (Å²) in [6.45, 7) is 8.56. The number of halogens is 1. The van der Waals surface area contributed by atoms with Crippen molar-refractivity contribution in [3.63, 3.8) is 0 Å². The van der Waals surface area contributed by atoms with Crippen molar-refractivity contribution in [2.24, 2.45) is 5.92 Å². The molecule has 1 N–H and O–H groups in total. The highest BCUT2D eigenvalue weighted by atomic mass is 19.1. The maximum absolute atomic E-state index is 12.8. The second-order valence-corrected chi connectivity index (χ2v) is 4.59. The van der Waals surface area contributed by atoms with E-state index in [-0.39, 0.29) is 11.9 Å². The first-order valence-corrected chi connectivity index (χ1v) is 5.92. The van der Waals surface area contributed by atoms with Gasteiger partial charge in [-0.3, -0.25) is 4.98 Å². The summed E-state index contributed by atoms with van der Waals surface area (Å²) < 4.78 is 12.8. The molecule has 3 heteroatoms. The third-order valence-electron chi connectivity index (χ3n) is 2.79. The summed E-state index contributed by atoms with van der Waals surface area (Å²) in [6.07, 6.45) is 2.36. The number of rotatable bonds is 5. The SMILES string of the molecule is CCC(C)C(NC(C)C)c1ccc(F)cn1. The van der Waals surface area contributed by atoms with Crippen molar-refractivity contribution in [3.8, 4) is 0 Å². The molecule has 2 nitrogen and oxygen atoms in total. The van der Waals surface area contributed by atoms with Crippen molar-refractivity contribution in [1.29, 1.82) is 0 Å². The predicted octanol–water partition coefficient (Wildman–Crippen LogP) is 3.31. The zero-order valence-corrected chi connectivity index (χ0v) is 10.5. The quantitative estimate of drug-likeness (QED) is 0.830. The highest BCUT2D eigenvalue weighted by Crippen LogP contribution is 2.23. The second kappa shape index (κ2) is 5.94. The van der Waals surface area contributed by atoms with Crippen LogP contribution in [0, 0.1) is 11.7 Å². The van der Waals surface area contributed by atoms with Gasteiger partial charge in [-0.15, -0.1) is 0 Å². The van der Waals surface area contributed by atoms with E-state index in [0.29, 0.717) is 12.0 Å². The smallest absolute Gasteiger partial charge is 0.141 e. The third kappa shape index (κ3) is 3.56. The minimum atomic E-state index is -0.281. The van der Waals surface area contributed by atoms with Gasteiger partial charge in [-0.05, 0) is 18.1 Å². The van der Waals surface area contributed by atoms with Gasteiger partial charge in [0.05, 0.1) is 17.9 Å². The fourth-order valence-corrected chi connectivity index (χ4v) is 1.71. The molecule has 0 fully saturated rings. The Morgan fingerprint density at radius 3 is 2.44 bits per heavy atom. The molecule has 1 heterocycles. The number of nitrogens with zero attached hydrogens (tertiary/aromatic N) is 1. The summed E-state index contributed by atoms with van der Waals surface area (Å²) in [5, 5.41) is 3.48. The fraction of sp³-hybridized carbons (Fsp3) is 0.615. The number of nitrogens with one attached hydrogen (secondary N) is 1. The van der Waals surface area contributed by atoms with E-state index in [4.69, 9.17) is 0 Å². The molecule has 2 unspecified atom stereocenters. The van der Waals surface area contributed by atoms with Gasteiger partial charge in [0.1, 0.15) is 5.82 Å². The van der Waals surface area contributed by atoms with E-state index in [2.05, 4.69) is 38.0 Å². The molecule has 16 heavy (non-hydrogen) atoms. The Morgan fingerprint density at radius 2 is 2.00 bits per heavy atom. The van der Waals surface area contributed by atoms with Crippen LogP contribution < -0.4 is 5.32 Å². The Balaban J connectivity index is 2.87. The first kappa shape index (κ1) is 13.1. The number of aromatic nitrogens is 1. The van der Waals surface area contributed by atoms with Gasteiger partial charge in [-0.25, -0.2) is 4.39 Å². The molecule has 0 bridgehead atoms. The summed E-state index contributed by atoms with van der Waals surface area (Å²) in [5.41, 5.74) is 0.921. The van der Waals surface area contributed by atoms with Crippen LogP contribution in [-0.4, -0.2) is 11.0 Å². The molecule has 90 valence electrons. The second-order valence-electron chi connectivity index (χ2n) is 4.59. The molecule has 0 aromatic carbocycles. The van der Waals surface area contributed by atoms with Gasteiger partial charge >= 0.3 is 0 Å². The highest BCUT2D eigenvalue weighted by Gasteiger charge is 2.19. The predicted molar refractivity (Wildman–Crippen MR) is 64.7 cm³/mol. The molecular formula is C13H21FN2. The number of hydrogen-bond donors (Lipinski definition) is 1. The average molecular weight is 224 g/mol. The average Bonchev–Trinajstić information content (AvgIpc) is 2.26. The van der Waals surface area contributed by atoms with E-state index in [1.54, 1.807) is 6.07 Å². The molecule has 0 saturated heterocycles. The normalized spacial score (nSPS) is 15.1. The lowest BCUT2D eigenvalue weighted by atomic mass is 9.95. The molecule has 0 radical (unpaired) electrons. The largest absolute Gasteiger partial charge is 0.306 e. The molecule has 1 rings (SSSR count). The molecule has 0 amide bonds. The Bertz CT molecular complexity index is 308. The third-order valence-corrected chi connectivity index (χ3v) is 2.79. The zero-order valence-electron chi connectivity index (χ0n) is 10.5. The van der Waals surface area contributed by atoms with Crippen LogP contribution in [0.1, 0.15) is 45.9 Å². The van der Waals surface area contributed by atoms with E-state index in [9.17, 15) is 4.39 Å². The molecule has 1 aromatic heterocycles. The highest BCUT2D eigenvalue weighted by molar-refractivity contribution is 5.11. The van der Waals surface area contributed by atoms with Crippen LogP contribution in [0.15, 0.2) is 18.3 Å². The lowest BCUT2D eigenvalue weighted by Crippen LogP contribution is -2.32. The topological polar surface area (TPSA) is 24.9 Å². The first-order chi connectivity index (χ1) is 7.54. The molecule has 0 saturated carbocycles. The molecular weight excluding hydrogens is 203 g/mol. The first-order valence-electron chi connectivity index (χ1n) is 5.92.